The molecule has 1 saturated carbocycles. The van der Waals surface area contributed by atoms with E-state index in [0.717, 1.165) is 31.9 Å². The van der Waals surface area contributed by atoms with Gasteiger partial charge in [0.15, 0.2) is 0 Å². The Hall–Kier alpha value is -1.74. The summed E-state index contributed by atoms with van der Waals surface area (Å²) in [6.45, 7) is 1.74. The number of hydrogen-bond donors (Lipinski definition) is 1. The zero-order chi connectivity index (χ0) is 18.5. The van der Waals surface area contributed by atoms with E-state index in [4.69, 9.17) is 0 Å². The van der Waals surface area contributed by atoms with Crippen LogP contribution in [0.3, 0.4) is 0 Å². The van der Waals surface area contributed by atoms with Crippen LogP contribution in [0, 0.1) is 5.92 Å². The molecule has 3 aliphatic rings. The van der Waals surface area contributed by atoms with Crippen molar-refractivity contribution in [3.63, 3.8) is 0 Å². The number of hydrogen-bond acceptors (Lipinski definition) is 5. The summed E-state index contributed by atoms with van der Waals surface area (Å²) in [6.07, 6.45) is 5.51. The molecule has 1 N–H and O–H groups in total. The van der Waals surface area contributed by atoms with Gasteiger partial charge in [-0.1, -0.05) is 6.42 Å². The van der Waals surface area contributed by atoms with Crippen LogP contribution < -0.4 is 5.56 Å². The summed E-state index contributed by atoms with van der Waals surface area (Å²) in [5.41, 5.74) is 0.861. The van der Waals surface area contributed by atoms with E-state index in [9.17, 15) is 18.0 Å². The maximum atomic E-state index is 12.5. The number of nitrogens with zero attached hydrogens (tertiary/aromatic N) is 3. The molecule has 0 aromatic carbocycles. The summed E-state index contributed by atoms with van der Waals surface area (Å²) in [4.78, 5) is 34.3. The Bertz CT molecular complexity index is 891. The molecule has 1 amide bonds. The second-order valence-electron chi connectivity index (χ2n) is 7.62. The summed E-state index contributed by atoms with van der Waals surface area (Å²) in [6, 6.07) is 0. The summed E-state index contributed by atoms with van der Waals surface area (Å²) in [7, 11) is -3.32. The SMILES string of the molecule is CS(=O)(=O)N1CCc2nc([C@H]3CCN(C(=O)C4CCC4)C3)[nH]c(=O)c2C1. The van der Waals surface area contributed by atoms with Crippen molar-refractivity contribution in [1.82, 2.24) is 19.2 Å². The first-order valence-electron chi connectivity index (χ1n) is 9.19. The smallest absolute Gasteiger partial charge is 0.255 e. The number of fused-ring (bicyclic) bond motifs is 1. The van der Waals surface area contributed by atoms with Gasteiger partial charge in [0.05, 0.1) is 17.5 Å². The number of rotatable bonds is 3. The second kappa shape index (κ2) is 6.45. The van der Waals surface area contributed by atoms with Crippen molar-refractivity contribution in [2.24, 2.45) is 5.92 Å². The molecule has 1 aliphatic carbocycles. The number of likely N-dealkylation sites (tertiary alicyclic amines) is 1. The molecule has 1 aromatic rings. The first kappa shape index (κ1) is 17.7. The Morgan fingerprint density at radius 3 is 2.65 bits per heavy atom. The summed E-state index contributed by atoms with van der Waals surface area (Å²) in [5, 5.41) is 0. The lowest BCUT2D eigenvalue weighted by molar-refractivity contribution is -0.137. The van der Waals surface area contributed by atoms with Crippen molar-refractivity contribution in [2.75, 3.05) is 25.9 Å². The van der Waals surface area contributed by atoms with Gasteiger partial charge >= 0.3 is 0 Å². The van der Waals surface area contributed by atoms with Crippen LogP contribution in [0.2, 0.25) is 0 Å². The number of aromatic amines is 1. The van der Waals surface area contributed by atoms with Gasteiger partial charge in [0.1, 0.15) is 5.82 Å². The van der Waals surface area contributed by atoms with E-state index >= 15 is 0 Å². The van der Waals surface area contributed by atoms with Crippen LogP contribution in [0.1, 0.15) is 48.7 Å². The van der Waals surface area contributed by atoms with E-state index in [1.54, 1.807) is 0 Å². The first-order valence-corrected chi connectivity index (χ1v) is 11.0. The topological polar surface area (TPSA) is 103 Å². The van der Waals surface area contributed by atoms with Crippen LogP contribution in [0.15, 0.2) is 4.79 Å². The van der Waals surface area contributed by atoms with Gasteiger partial charge in [0.2, 0.25) is 15.9 Å². The van der Waals surface area contributed by atoms with E-state index < -0.39 is 10.0 Å². The number of sulfonamides is 1. The average molecular weight is 380 g/mol. The largest absolute Gasteiger partial charge is 0.342 e. The van der Waals surface area contributed by atoms with Crippen LogP contribution >= 0.6 is 0 Å². The summed E-state index contributed by atoms with van der Waals surface area (Å²) < 4.78 is 24.8. The van der Waals surface area contributed by atoms with Crippen molar-refractivity contribution in [3.8, 4) is 0 Å². The fourth-order valence-corrected chi connectivity index (χ4v) is 4.78. The van der Waals surface area contributed by atoms with Gasteiger partial charge in [0.25, 0.3) is 5.56 Å². The molecular weight excluding hydrogens is 356 g/mol. The molecular formula is C17H24N4O4S. The number of carbonyl (C=O) groups is 1. The number of H-pyrrole nitrogens is 1. The molecule has 0 bridgehead atoms. The lowest BCUT2D eigenvalue weighted by atomic mass is 9.84. The quantitative estimate of drug-likeness (QED) is 0.807. The Morgan fingerprint density at radius 2 is 2.00 bits per heavy atom. The Kier molecular flexibility index (Phi) is 4.38. The fourth-order valence-electron chi connectivity index (χ4n) is 3.99. The average Bonchev–Trinajstić information content (AvgIpc) is 3.02. The van der Waals surface area contributed by atoms with E-state index in [-0.39, 0.29) is 29.8 Å². The highest BCUT2D eigenvalue weighted by Crippen LogP contribution is 2.32. The van der Waals surface area contributed by atoms with Crippen LogP contribution in [-0.4, -0.2) is 59.4 Å². The molecule has 8 nitrogen and oxygen atoms in total. The van der Waals surface area contributed by atoms with Crippen molar-refractivity contribution in [2.45, 2.75) is 44.6 Å². The van der Waals surface area contributed by atoms with Gasteiger partial charge in [-0.05, 0) is 19.3 Å². The normalized spacial score (nSPS) is 24.3. The molecule has 3 heterocycles. The molecule has 142 valence electrons. The number of carbonyl (C=O) groups excluding carboxylic acids is 1. The third-order valence-electron chi connectivity index (χ3n) is 5.86. The van der Waals surface area contributed by atoms with Gasteiger partial charge in [-0.2, -0.15) is 4.31 Å². The molecule has 0 unspecified atom stereocenters. The molecule has 4 rings (SSSR count). The third kappa shape index (κ3) is 3.18. The standard InChI is InChI=1S/C17H24N4O4S/c1-26(24,25)21-8-6-14-13(10-21)16(22)19-15(18-14)12-5-7-20(9-12)17(23)11-3-2-4-11/h11-12H,2-10H2,1H3,(H,18,19,22)/t12-/m0/s1. The molecule has 1 aromatic heterocycles. The minimum absolute atomic E-state index is 0.0463. The molecule has 0 radical (unpaired) electrons. The lowest BCUT2D eigenvalue weighted by Crippen LogP contribution is -2.39. The van der Waals surface area contributed by atoms with Crippen LogP contribution in [0.5, 0.6) is 0 Å². The van der Waals surface area contributed by atoms with Gasteiger partial charge in [-0.3, -0.25) is 9.59 Å². The van der Waals surface area contributed by atoms with Crippen molar-refractivity contribution < 1.29 is 13.2 Å². The van der Waals surface area contributed by atoms with E-state index in [0.29, 0.717) is 43.1 Å². The Morgan fingerprint density at radius 1 is 1.23 bits per heavy atom. The van der Waals surface area contributed by atoms with Crippen molar-refractivity contribution in [1.29, 1.82) is 0 Å². The van der Waals surface area contributed by atoms with Gasteiger partial charge < -0.3 is 9.88 Å². The van der Waals surface area contributed by atoms with Crippen molar-refractivity contribution >= 4 is 15.9 Å². The summed E-state index contributed by atoms with van der Waals surface area (Å²) >= 11 is 0. The van der Waals surface area contributed by atoms with Gasteiger partial charge in [-0.25, -0.2) is 13.4 Å². The van der Waals surface area contributed by atoms with Crippen molar-refractivity contribution in [3.05, 3.63) is 27.4 Å². The van der Waals surface area contributed by atoms with E-state index in [2.05, 4.69) is 9.97 Å². The highest BCUT2D eigenvalue weighted by atomic mass is 32.2. The maximum Gasteiger partial charge on any atom is 0.255 e. The highest BCUT2D eigenvalue weighted by Gasteiger charge is 2.35. The predicted octanol–water partition coefficient (Wildman–Crippen LogP) is 0.204. The second-order valence-corrected chi connectivity index (χ2v) is 9.60. The number of amides is 1. The molecule has 2 fully saturated rings. The maximum absolute atomic E-state index is 12.5. The first-order chi connectivity index (χ1) is 12.3. The van der Waals surface area contributed by atoms with Crippen LogP contribution in [0.4, 0.5) is 0 Å². The molecule has 9 heteroatoms. The monoisotopic (exact) mass is 380 g/mol. The third-order valence-corrected chi connectivity index (χ3v) is 7.11. The Balaban J connectivity index is 1.52. The zero-order valence-electron chi connectivity index (χ0n) is 14.9. The number of nitrogens with one attached hydrogen (secondary N) is 1. The fraction of sp³-hybridized carbons (Fsp3) is 0.706. The number of aromatic nitrogens is 2. The molecule has 1 saturated heterocycles. The van der Waals surface area contributed by atoms with Gasteiger partial charge in [0, 0.05) is 44.4 Å². The van der Waals surface area contributed by atoms with E-state index in [1.165, 1.54) is 4.31 Å². The minimum atomic E-state index is -3.32. The molecule has 1 atom stereocenters. The predicted molar refractivity (Wildman–Crippen MR) is 95.1 cm³/mol. The van der Waals surface area contributed by atoms with E-state index in [1.807, 2.05) is 4.90 Å². The molecule has 2 aliphatic heterocycles. The summed E-state index contributed by atoms with van der Waals surface area (Å²) in [5.74, 6) is 1.10. The lowest BCUT2D eigenvalue weighted by Gasteiger charge is -2.29. The molecule has 0 spiro atoms. The van der Waals surface area contributed by atoms with Gasteiger partial charge in [-0.15, -0.1) is 0 Å². The van der Waals surface area contributed by atoms with Crippen LogP contribution in [-0.2, 0) is 27.8 Å². The minimum Gasteiger partial charge on any atom is -0.342 e. The highest BCUT2D eigenvalue weighted by molar-refractivity contribution is 7.88. The zero-order valence-corrected chi connectivity index (χ0v) is 15.7. The van der Waals surface area contributed by atoms with Crippen LogP contribution in [0.25, 0.3) is 0 Å². The molecule has 26 heavy (non-hydrogen) atoms. The Labute approximate surface area is 152 Å².